The van der Waals surface area contributed by atoms with Crippen molar-refractivity contribution in [2.45, 2.75) is 6.10 Å². The van der Waals surface area contributed by atoms with E-state index >= 15 is 0 Å². The van der Waals surface area contributed by atoms with Crippen LogP contribution in [0.15, 0.2) is 30.3 Å². The minimum absolute atomic E-state index is 0.213. The van der Waals surface area contributed by atoms with Crippen molar-refractivity contribution in [3.05, 3.63) is 35.9 Å². The maximum Gasteiger partial charge on any atom is 0.248 e. The first-order valence-electron chi connectivity index (χ1n) is 5.28. The molecule has 1 aromatic carbocycles. The fourth-order valence-electron chi connectivity index (χ4n) is 1.19. The summed E-state index contributed by atoms with van der Waals surface area (Å²) in [6.07, 6.45) is 1.47. The number of rotatable bonds is 5. The summed E-state index contributed by atoms with van der Waals surface area (Å²) < 4.78 is 0. The SMILES string of the molecule is NC(=O)C(O)CNC(=O)/C=C/c1cccc(N)c1. The van der Waals surface area contributed by atoms with Crippen LogP contribution in [0.2, 0.25) is 0 Å². The van der Waals surface area contributed by atoms with Gasteiger partial charge in [0.25, 0.3) is 0 Å². The number of nitrogens with two attached hydrogens (primary N) is 2. The number of nitrogen functional groups attached to an aromatic ring is 1. The van der Waals surface area contributed by atoms with E-state index in [1.807, 2.05) is 0 Å². The molecule has 0 spiro atoms. The maximum absolute atomic E-state index is 11.3. The minimum Gasteiger partial charge on any atom is -0.399 e. The van der Waals surface area contributed by atoms with Crippen LogP contribution in [-0.2, 0) is 9.59 Å². The molecule has 0 bridgehead atoms. The quantitative estimate of drug-likeness (QED) is 0.405. The van der Waals surface area contributed by atoms with Crippen LogP contribution in [0.3, 0.4) is 0 Å². The van der Waals surface area contributed by atoms with Crippen molar-refractivity contribution in [2.24, 2.45) is 5.73 Å². The molecule has 0 aliphatic rings. The van der Waals surface area contributed by atoms with E-state index in [0.717, 1.165) is 5.56 Å². The number of carbonyl (C=O) groups excluding carboxylic acids is 2. The lowest BCUT2D eigenvalue weighted by Gasteiger charge is -2.06. The van der Waals surface area contributed by atoms with Gasteiger partial charge in [0, 0.05) is 11.8 Å². The van der Waals surface area contributed by atoms with Gasteiger partial charge in [-0.15, -0.1) is 0 Å². The number of amides is 2. The fraction of sp³-hybridized carbons (Fsp3) is 0.167. The number of anilines is 1. The van der Waals surface area contributed by atoms with Gasteiger partial charge in [-0.05, 0) is 23.8 Å². The number of hydrogen-bond acceptors (Lipinski definition) is 4. The van der Waals surface area contributed by atoms with Crippen molar-refractivity contribution in [3.8, 4) is 0 Å². The highest BCUT2D eigenvalue weighted by atomic mass is 16.3. The van der Waals surface area contributed by atoms with E-state index in [9.17, 15) is 9.59 Å². The molecule has 6 N–H and O–H groups in total. The fourth-order valence-corrected chi connectivity index (χ4v) is 1.19. The molecule has 6 nitrogen and oxygen atoms in total. The van der Waals surface area contributed by atoms with E-state index in [4.69, 9.17) is 16.6 Å². The summed E-state index contributed by atoms with van der Waals surface area (Å²) in [5, 5.41) is 11.4. The number of aliphatic hydroxyl groups is 1. The Morgan fingerprint density at radius 1 is 1.44 bits per heavy atom. The van der Waals surface area contributed by atoms with Crippen LogP contribution in [0.4, 0.5) is 5.69 Å². The van der Waals surface area contributed by atoms with Gasteiger partial charge in [-0.1, -0.05) is 12.1 Å². The Labute approximate surface area is 104 Å². The molecule has 18 heavy (non-hydrogen) atoms. The van der Waals surface area contributed by atoms with Crippen LogP contribution >= 0.6 is 0 Å². The lowest BCUT2D eigenvalue weighted by Crippen LogP contribution is -2.39. The van der Waals surface area contributed by atoms with E-state index in [2.05, 4.69) is 5.32 Å². The Hall–Kier alpha value is -2.34. The largest absolute Gasteiger partial charge is 0.399 e. The Morgan fingerprint density at radius 2 is 2.17 bits per heavy atom. The van der Waals surface area contributed by atoms with Crippen molar-refractivity contribution >= 4 is 23.6 Å². The number of primary amides is 1. The van der Waals surface area contributed by atoms with Gasteiger partial charge in [-0.3, -0.25) is 9.59 Å². The summed E-state index contributed by atoms with van der Waals surface area (Å²) in [7, 11) is 0. The average Bonchev–Trinajstić information content (AvgIpc) is 2.33. The van der Waals surface area contributed by atoms with E-state index in [-0.39, 0.29) is 6.54 Å². The van der Waals surface area contributed by atoms with Crippen molar-refractivity contribution in [3.63, 3.8) is 0 Å². The van der Waals surface area contributed by atoms with Gasteiger partial charge in [-0.25, -0.2) is 0 Å². The summed E-state index contributed by atoms with van der Waals surface area (Å²) in [6.45, 7) is -0.213. The van der Waals surface area contributed by atoms with Gasteiger partial charge in [0.2, 0.25) is 11.8 Å². The van der Waals surface area contributed by atoms with Crippen LogP contribution in [0.1, 0.15) is 5.56 Å². The molecule has 1 atom stereocenters. The van der Waals surface area contributed by atoms with Crippen LogP contribution in [-0.4, -0.2) is 29.6 Å². The third-order valence-electron chi connectivity index (χ3n) is 2.14. The smallest absolute Gasteiger partial charge is 0.248 e. The molecule has 0 fully saturated rings. The number of nitrogens with one attached hydrogen (secondary N) is 1. The highest BCUT2D eigenvalue weighted by molar-refractivity contribution is 5.92. The molecular weight excluding hydrogens is 234 g/mol. The standard InChI is InChI=1S/C12H15N3O3/c13-9-3-1-2-8(6-9)4-5-11(17)15-7-10(16)12(14)18/h1-6,10,16H,7,13H2,(H2,14,18)(H,15,17)/b5-4+. The Morgan fingerprint density at radius 3 is 2.78 bits per heavy atom. The second-order valence-electron chi connectivity index (χ2n) is 3.67. The predicted octanol–water partition coefficient (Wildman–Crippen LogP) is -0.756. The summed E-state index contributed by atoms with van der Waals surface area (Å²) >= 11 is 0. The first-order chi connectivity index (χ1) is 8.49. The zero-order chi connectivity index (χ0) is 13.5. The van der Waals surface area contributed by atoms with Gasteiger partial charge in [0.15, 0.2) is 0 Å². The van der Waals surface area contributed by atoms with Gasteiger partial charge in [0.05, 0.1) is 6.54 Å². The minimum atomic E-state index is -1.38. The zero-order valence-electron chi connectivity index (χ0n) is 9.67. The first kappa shape index (κ1) is 13.7. The molecule has 0 heterocycles. The van der Waals surface area contributed by atoms with Gasteiger partial charge in [0.1, 0.15) is 6.10 Å². The number of hydrogen-bond donors (Lipinski definition) is 4. The van der Waals surface area contributed by atoms with Crippen LogP contribution in [0.25, 0.3) is 6.08 Å². The van der Waals surface area contributed by atoms with Crippen LogP contribution in [0.5, 0.6) is 0 Å². The highest BCUT2D eigenvalue weighted by Gasteiger charge is 2.10. The second-order valence-corrected chi connectivity index (χ2v) is 3.67. The van der Waals surface area contributed by atoms with Crippen molar-refractivity contribution in [1.29, 1.82) is 0 Å². The Balaban J connectivity index is 2.47. The lowest BCUT2D eigenvalue weighted by atomic mass is 10.2. The maximum atomic E-state index is 11.3. The lowest BCUT2D eigenvalue weighted by molar-refractivity contribution is -0.126. The van der Waals surface area contributed by atoms with E-state index in [0.29, 0.717) is 5.69 Å². The van der Waals surface area contributed by atoms with Crippen molar-refractivity contribution in [1.82, 2.24) is 5.32 Å². The van der Waals surface area contributed by atoms with Gasteiger partial charge < -0.3 is 21.9 Å². The first-order valence-corrected chi connectivity index (χ1v) is 5.28. The molecule has 0 saturated carbocycles. The molecule has 0 radical (unpaired) electrons. The molecule has 1 rings (SSSR count). The molecule has 2 amide bonds. The van der Waals surface area contributed by atoms with Crippen LogP contribution in [0, 0.1) is 0 Å². The molecule has 0 saturated heterocycles. The van der Waals surface area contributed by atoms with Crippen molar-refractivity contribution < 1.29 is 14.7 Å². The van der Waals surface area contributed by atoms with Gasteiger partial charge >= 0.3 is 0 Å². The number of benzene rings is 1. The van der Waals surface area contributed by atoms with E-state index < -0.39 is 17.9 Å². The summed E-state index contributed by atoms with van der Waals surface area (Å²) in [5.41, 5.74) is 11.8. The number of carbonyl (C=O) groups is 2. The molecule has 0 aromatic heterocycles. The normalized spacial score (nSPS) is 12.3. The van der Waals surface area contributed by atoms with Gasteiger partial charge in [-0.2, -0.15) is 0 Å². The van der Waals surface area contributed by atoms with E-state index in [1.165, 1.54) is 6.08 Å². The van der Waals surface area contributed by atoms with E-state index in [1.54, 1.807) is 30.3 Å². The molecule has 96 valence electrons. The molecule has 0 aliphatic heterocycles. The second kappa shape index (κ2) is 6.41. The molecular formula is C12H15N3O3. The summed E-state index contributed by atoms with van der Waals surface area (Å²) in [6, 6.07) is 7.00. The third-order valence-corrected chi connectivity index (χ3v) is 2.14. The molecule has 1 unspecified atom stereocenters. The predicted molar refractivity (Wildman–Crippen MR) is 68.1 cm³/mol. The Bertz CT molecular complexity index is 471. The molecule has 1 aromatic rings. The summed E-state index contributed by atoms with van der Waals surface area (Å²) in [5.74, 6) is -1.31. The summed E-state index contributed by atoms with van der Waals surface area (Å²) in [4.78, 5) is 21.9. The topological polar surface area (TPSA) is 118 Å². The van der Waals surface area contributed by atoms with Crippen molar-refractivity contribution in [2.75, 3.05) is 12.3 Å². The molecule has 6 heteroatoms. The average molecular weight is 249 g/mol. The highest BCUT2D eigenvalue weighted by Crippen LogP contribution is 2.07. The Kier molecular flexibility index (Phi) is 4.89. The third kappa shape index (κ3) is 4.67. The molecule has 0 aliphatic carbocycles. The number of aliphatic hydroxyl groups excluding tert-OH is 1. The monoisotopic (exact) mass is 249 g/mol. The zero-order valence-corrected chi connectivity index (χ0v) is 9.67. The van der Waals surface area contributed by atoms with Crippen LogP contribution < -0.4 is 16.8 Å².